The van der Waals surface area contributed by atoms with Crippen molar-refractivity contribution in [3.8, 4) is 0 Å². The van der Waals surface area contributed by atoms with Crippen LogP contribution in [0.25, 0.3) is 0 Å². The normalized spacial score (nSPS) is 28.4. The number of carbonyl (C=O) groups is 2. The van der Waals surface area contributed by atoms with E-state index in [0.29, 0.717) is 24.3 Å². The zero-order valence-corrected chi connectivity index (χ0v) is 15.2. The molecule has 5 heteroatoms. The SMILES string of the molecule is CCN(C(=O)OC(C)OC(C)=O)C1C2CCC(C2)C1c1ccccc1. The fourth-order valence-electron chi connectivity index (χ4n) is 4.78. The highest BCUT2D eigenvalue weighted by Crippen LogP contribution is 2.54. The van der Waals surface area contributed by atoms with E-state index in [9.17, 15) is 9.59 Å². The van der Waals surface area contributed by atoms with E-state index in [1.807, 2.05) is 17.9 Å². The lowest BCUT2D eigenvalue weighted by molar-refractivity contribution is -0.163. The van der Waals surface area contributed by atoms with Gasteiger partial charge in [-0.1, -0.05) is 30.3 Å². The van der Waals surface area contributed by atoms with Crippen LogP contribution < -0.4 is 0 Å². The Bertz CT molecular complexity index is 617. The van der Waals surface area contributed by atoms with Crippen LogP contribution in [0.3, 0.4) is 0 Å². The van der Waals surface area contributed by atoms with Crippen molar-refractivity contribution in [3.63, 3.8) is 0 Å². The first-order chi connectivity index (χ1) is 12.0. The van der Waals surface area contributed by atoms with Crippen molar-refractivity contribution in [1.29, 1.82) is 0 Å². The molecule has 136 valence electrons. The topological polar surface area (TPSA) is 55.8 Å². The van der Waals surface area contributed by atoms with Gasteiger partial charge in [-0.15, -0.1) is 0 Å². The third-order valence-electron chi connectivity index (χ3n) is 5.59. The van der Waals surface area contributed by atoms with E-state index in [2.05, 4.69) is 24.3 Å². The minimum absolute atomic E-state index is 0.156. The summed E-state index contributed by atoms with van der Waals surface area (Å²) in [7, 11) is 0. The Morgan fingerprint density at radius 1 is 1.16 bits per heavy atom. The minimum atomic E-state index is -0.868. The summed E-state index contributed by atoms with van der Waals surface area (Å²) < 4.78 is 10.3. The summed E-state index contributed by atoms with van der Waals surface area (Å²) in [5.74, 6) is 1.05. The molecule has 2 bridgehead atoms. The highest BCUT2D eigenvalue weighted by atomic mass is 16.7. The molecule has 1 aromatic rings. The summed E-state index contributed by atoms with van der Waals surface area (Å²) in [6.07, 6.45) is 2.31. The van der Waals surface area contributed by atoms with Gasteiger partial charge in [-0.2, -0.15) is 0 Å². The molecule has 1 amide bonds. The van der Waals surface area contributed by atoms with Crippen LogP contribution in [-0.4, -0.2) is 35.8 Å². The van der Waals surface area contributed by atoms with E-state index in [-0.39, 0.29) is 6.04 Å². The number of carbonyl (C=O) groups excluding carboxylic acids is 2. The first-order valence-corrected chi connectivity index (χ1v) is 9.20. The molecule has 2 saturated carbocycles. The fraction of sp³-hybridized carbons (Fsp3) is 0.600. The lowest BCUT2D eigenvalue weighted by atomic mass is 9.79. The average molecular weight is 345 g/mol. The van der Waals surface area contributed by atoms with Crippen LogP contribution in [0, 0.1) is 11.8 Å². The van der Waals surface area contributed by atoms with E-state index < -0.39 is 18.4 Å². The fourth-order valence-corrected chi connectivity index (χ4v) is 4.78. The summed E-state index contributed by atoms with van der Waals surface area (Å²) in [4.78, 5) is 25.6. The molecule has 0 spiro atoms. The van der Waals surface area contributed by atoms with Gasteiger partial charge < -0.3 is 14.4 Å². The molecule has 5 atom stereocenters. The number of nitrogens with zero attached hydrogens (tertiary/aromatic N) is 1. The molecule has 5 nitrogen and oxygen atoms in total. The average Bonchev–Trinajstić information content (AvgIpc) is 3.17. The van der Waals surface area contributed by atoms with E-state index in [1.54, 1.807) is 6.92 Å². The second-order valence-electron chi connectivity index (χ2n) is 7.11. The van der Waals surface area contributed by atoms with Gasteiger partial charge in [0.2, 0.25) is 6.29 Å². The zero-order valence-electron chi connectivity index (χ0n) is 15.2. The van der Waals surface area contributed by atoms with Crippen molar-refractivity contribution >= 4 is 12.1 Å². The third kappa shape index (κ3) is 3.65. The van der Waals surface area contributed by atoms with E-state index >= 15 is 0 Å². The van der Waals surface area contributed by atoms with E-state index in [0.717, 1.165) is 0 Å². The number of rotatable bonds is 5. The second-order valence-corrected chi connectivity index (χ2v) is 7.11. The first-order valence-electron chi connectivity index (χ1n) is 9.20. The Labute approximate surface area is 149 Å². The Balaban J connectivity index is 1.78. The largest absolute Gasteiger partial charge is 0.426 e. The number of hydrogen-bond donors (Lipinski definition) is 0. The number of hydrogen-bond acceptors (Lipinski definition) is 4. The van der Waals surface area contributed by atoms with Gasteiger partial charge in [0.05, 0.1) is 0 Å². The van der Waals surface area contributed by atoms with Crippen LogP contribution in [-0.2, 0) is 14.3 Å². The Kier molecular flexibility index (Phi) is 5.30. The summed E-state index contributed by atoms with van der Waals surface area (Å²) in [6.45, 7) is 5.44. The number of amides is 1. The lowest BCUT2D eigenvalue weighted by Crippen LogP contribution is -2.47. The molecular formula is C20H27NO4. The Hall–Kier alpha value is -2.04. The number of likely N-dealkylation sites (N-methyl/N-ethyl adjacent to an activating group) is 1. The van der Waals surface area contributed by atoms with Crippen LogP contribution in [0.15, 0.2) is 30.3 Å². The Morgan fingerprint density at radius 3 is 2.48 bits per heavy atom. The summed E-state index contributed by atoms with van der Waals surface area (Å²) in [6, 6.07) is 10.6. The first kappa shape index (κ1) is 17.8. The van der Waals surface area contributed by atoms with Crippen molar-refractivity contribution in [3.05, 3.63) is 35.9 Å². The standard InChI is InChI=1S/C20H27NO4/c1-4-21(20(23)25-14(3)24-13(2)22)19-17-11-10-16(12-17)18(19)15-8-6-5-7-9-15/h5-9,14,16-19H,4,10-12H2,1-3H3. The van der Waals surface area contributed by atoms with Gasteiger partial charge in [0.15, 0.2) is 0 Å². The number of ether oxygens (including phenoxy) is 2. The molecule has 1 aromatic carbocycles. The van der Waals surface area contributed by atoms with Crippen LogP contribution in [0.2, 0.25) is 0 Å². The predicted octanol–water partition coefficient (Wildman–Crippen LogP) is 3.94. The molecule has 3 rings (SSSR count). The van der Waals surface area contributed by atoms with E-state index in [4.69, 9.17) is 9.47 Å². The van der Waals surface area contributed by atoms with Crippen LogP contribution >= 0.6 is 0 Å². The van der Waals surface area contributed by atoms with Gasteiger partial charge in [-0.3, -0.25) is 4.79 Å². The van der Waals surface area contributed by atoms with Crippen molar-refractivity contribution in [1.82, 2.24) is 4.90 Å². The number of esters is 1. The monoisotopic (exact) mass is 345 g/mol. The van der Waals surface area contributed by atoms with Gasteiger partial charge in [0.1, 0.15) is 0 Å². The minimum Gasteiger partial charge on any atom is -0.426 e. The Morgan fingerprint density at radius 2 is 1.84 bits per heavy atom. The van der Waals surface area contributed by atoms with Gasteiger partial charge in [0.25, 0.3) is 0 Å². The quantitative estimate of drug-likeness (QED) is 0.599. The van der Waals surface area contributed by atoms with Crippen molar-refractivity contribution in [2.45, 2.75) is 58.3 Å². The molecular weight excluding hydrogens is 318 g/mol. The zero-order chi connectivity index (χ0) is 18.0. The molecule has 25 heavy (non-hydrogen) atoms. The molecule has 0 N–H and O–H groups in total. The predicted molar refractivity (Wildman–Crippen MR) is 93.9 cm³/mol. The van der Waals surface area contributed by atoms with Crippen molar-refractivity contribution in [2.24, 2.45) is 11.8 Å². The highest BCUT2D eigenvalue weighted by molar-refractivity contribution is 5.69. The molecule has 0 heterocycles. The molecule has 0 radical (unpaired) electrons. The van der Waals surface area contributed by atoms with Gasteiger partial charge >= 0.3 is 12.1 Å². The van der Waals surface area contributed by atoms with E-state index in [1.165, 1.54) is 31.7 Å². The van der Waals surface area contributed by atoms with Crippen molar-refractivity contribution < 1.29 is 19.1 Å². The van der Waals surface area contributed by atoms with Gasteiger partial charge in [-0.25, -0.2) is 4.79 Å². The van der Waals surface area contributed by atoms with Crippen LogP contribution in [0.1, 0.15) is 51.5 Å². The molecule has 0 aliphatic heterocycles. The summed E-state index contributed by atoms with van der Waals surface area (Å²) in [5.41, 5.74) is 1.30. The molecule has 2 aliphatic carbocycles. The third-order valence-corrected chi connectivity index (χ3v) is 5.59. The summed E-state index contributed by atoms with van der Waals surface area (Å²) >= 11 is 0. The molecule has 0 aromatic heterocycles. The number of benzene rings is 1. The van der Waals surface area contributed by atoms with Crippen molar-refractivity contribution in [2.75, 3.05) is 6.54 Å². The lowest BCUT2D eigenvalue weighted by Gasteiger charge is -2.39. The molecule has 2 fully saturated rings. The maximum atomic E-state index is 12.7. The maximum Gasteiger partial charge on any atom is 0.413 e. The second kappa shape index (κ2) is 7.46. The van der Waals surface area contributed by atoms with Crippen LogP contribution in [0.5, 0.6) is 0 Å². The summed E-state index contributed by atoms with van der Waals surface area (Å²) in [5, 5.41) is 0. The molecule has 0 saturated heterocycles. The highest BCUT2D eigenvalue weighted by Gasteiger charge is 2.51. The molecule has 5 unspecified atom stereocenters. The number of fused-ring (bicyclic) bond motifs is 2. The molecule has 2 aliphatic rings. The maximum absolute atomic E-state index is 12.7. The van der Waals surface area contributed by atoms with Gasteiger partial charge in [0, 0.05) is 32.4 Å². The smallest absolute Gasteiger partial charge is 0.413 e. The van der Waals surface area contributed by atoms with Crippen LogP contribution in [0.4, 0.5) is 4.79 Å². The van der Waals surface area contributed by atoms with Gasteiger partial charge in [-0.05, 0) is 43.6 Å².